The number of piperidine rings is 1. The summed E-state index contributed by atoms with van der Waals surface area (Å²) in [6.07, 6.45) is 1.42. The summed E-state index contributed by atoms with van der Waals surface area (Å²) >= 11 is 3.76. The van der Waals surface area contributed by atoms with Gasteiger partial charge in [0.15, 0.2) is 5.78 Å². The van der Waals surface area contributed by atoms with E-state index in [-0.39, 0.29) is 23.2 Å². The fraction of sp³-hybridized carbons (Fsp3) is 0.220. The summed E-state index contributed by atoms with van der Waals surface area (Å²) in [5.41, 5.74) is 4.03. The highest BCUT2D eigenvalue weighted by Gasteiger charge is 2.41. The van der Waals surface area contributed by atoms with Gasteiger partial charge in [-0.05, 0) is 94.7 Å². The number of hydrogen-bond acceptors (Lipinski definition) is 3. The van der Waals surface area contributed by atoms with E-state index in [4.69, 9.17) is 5.10 Å². The number of hydrogen-bond donors (Lipinski definition) is 0. The molecule has 1 aromatic heterocycles. The number of nitrogens with zero attached hydrogens (tertiary/aromatic N) is 3. The molecule has 2 unspecified atom stereocenters. The maximum absolute atomic E-state index is 14.4. The van der Waals surface area contributed by atoms with Crippen molar-refractivity contribution in [1.29, 1.82) is 0 Å². The molecule has 0 saturated carbocycles. The van der Waals surface area contributed by atoms with Crippen LogP contribution >= 0.6 is 15.9 Å². The van der Waals surface area contributed by atoms with E-state index in [1.54, 1.807) is 0 Å². The summed E-state index contributed by atoms with van der Waals surface area (Å²) in [6, 6.07) is 41.0. The van der Waals surface area contributed by atoms with Crippen molar-refractivity contribution in [1.82, 2.24) is 14.7 Å². The van der Waals surface area contributed by atoms with E-state index >= 15 is 0 Å². The van der Waals surface area contributed by atoms with E-state index in [2.05, 4.69) is 61.9 Å². The normalized spacial score (nSPS) is 17.1. The molecule has 1 aliphatic rings. The fourth-order valence-electron chi connectivity index (χ4n) is 7.68. The molecular formula is C41H36BrF2N3O. The van der Waals surface area contributed by atoms with Crippen LogP contribution in [0.4, 0.5) is 8.78 Å². The second-order valence-corrected chi connectivity index (χ2v) is 13.7. The van der Waals surface area contributed by atoms with Gasteiger partial charge in [0.05, 0.1) is 5.52 Å². The van der Waals surface area contributed by atoms with Crippen LogP contribution in [-0.2, 0) is 12.0 Å². The molecule has 0 amide bonds. The minimum Gasteiger partial charge on any atom is -0.306 e. The third kappa shape index (κ3) is 6.01. The molecule has 48 heavy (non-hydrogen) atoms. The van der Waals surface area contributed by atoms with E-state index in [1.165, 1.54) is 18.2 Å². The van der Waals surface area contributed by atoms with Gasteiger partial charge in [-0.25, -0.2) is 13.5 Å². The monoisotopic (exact) mass is 703 g/mol. The van der Waals surface area contributed by atoms with E-state index in [1.807, 2.05) is 79.8 Å². The number of aromatic nitrogens is 2. The molecule has 4 nitrogen and oxygen atoms in total. The molecule has 0 N–H and O–H groups in total. The lowest BCUT2D eigenvalue weighted by Crippen LogP contribution is -2.39. The average Bonchev–Trinajstić information content (AvgIpc) is 3.43. The molecule has 7 heteroatoms. The van der Waals surface area contributed by atoms with Crippen LogP contribution in [0.15, 0.2) is 132 Å². The number of halogens is 3. The number of fused-ring (bicyclic) bond motifs is 1. The van der Waals surface area contributed by atoms with Crippen molar-refractivity contribution in [3.05, 3.63) is 171 Å². The molecule has 1 aliphatic heterocycles. The minimum absolute atomic E-state index is 0.0492. The van der Waals surface area contributed by atoms with Crippen molar-refractivity contribution in [3.8, 4) is 0 Å². The molecule has 2 heterocycles. The molecule has 5 aromatic carbocycles. The summed E-state index contributed by atoms with van der Waals surface area (Å²) in [5.74, 6) is -0.824. The standard InChI is InChI=1S/C41H36BrF2N3O/c1-46-26-28(23-34-36(43)18-11-19-37(34)44)22-29(27-46)24-39(48)30-20-21-38-35(25-30)40(42)45-47(38)41(31-12-5-2-6-13-31,32-14-7-3-8-15-32)33-16-9-4-10-17-33/h2-21,25,28-29H,22-24,26-27H2,1H3. The van der Waals surface area contributed by atoms with Crippen LogP contribution in [0.1, 0.15) is 45.5 Å². The highest BCUT2D eigenvalue weighted by atomic mass is 79.9. The topological polar surface area (TPSA) is 38.1 Å². The van der Waals surface area contributed by atoms with Crippen LogP contribution in [0.2, 0.25) is 0 Å². The average molecular weight is 705 g/mol. The molecule has 0 aliphatic carbocycles. The Kier molecular flexibility index (Phi) is 9.08. The number of ketones is 1. The smallest absolute Gasteiger partial charge is 0.163 e. The molecule has 7 rings (SSSR count). The summed E-state index contributed by atoms with van der Waals surface area (Å²) in [7, 11) is 2.01. The van der Waals surface area contributed by atoms with Crippen LogP contribution in [0.25, 0.3) is 10.9 Å². The molecule has 0 radical (unpaired) electrons. The van der Waals surface area contributed by atoms with Crippen LogP contribution in [0.3, 0.4) is 0 Å². The fourth-order valence-corrected chi connectivity index (χ4v) is 8.16. The van der Waals surface area contributed by atoms with Crippen molar-refractivity contribution >= 4 is 32.6 Å². The summed E-state index contributed by atoms with van der Waals surface area (Å²) in [6.45, 7) is 1.50. The molecule has 1 fully saturated rings. The zero-order chi connectivity index (χ0) is 33.3. The predicted octanol–water partition coefficient (Wildman–Crippen LogP) is 9.30. The third-order valence-electron chi connectivity index (χ3n) is 9.68. The SMILES string of the molecule is CN1CC(CC(=O)c2ccc3c(c2)c(Br)nn3C(c2ccccc2)(c2ccccc2)c2ccccc2)CC(Cc2c(F)cccc2F)C1. The van der Waals surface area contributed by atoms with Crippen molar-refractivity contribution < 1.29 is 13.6 Å². The second kappa shape index (κ2) is 13.6. The maximum atomic E-state index is 14.4. The zero-order valence-corrected chi connectivity index (χ0v) is 28.3. The minimum atomic E-state index is -0.793. The highest BCUT2D eigenvalue weighted by molar-refractivity contribution is 9.10. The van der Waals surface area contributed by atoms with Crippen LogP contribution in [0.5, 0.6) is 0 Å². The zero-order valence-electron chi connectivity index (χ0n) is 26.7. The Morgan fingerprint density at radius 2 is 1.31 bits per heavy atom. The Hall–Kier alpha value is -4.46. The van der Waals surface area contributed by atoms with Crippen LogP contribution in [0, 0.1) is 23.5 Å². The lowest BCUT2D eigenvalue weighted by molar-refractivity contribution is 0.0892. The van der Waals surface area contributed by atoms with Crippen LogP contribution in [-0.4, -0.2) is 40.6 Å². The van der Waals surface area contributed by atoms with Gasteiger partial charge in [0.1, 0.15) is 21.8 Å². The number of carbonyl (C=O) groups is 1. The first-order valence-electron chi connectivity index (χ1n) is 16.3. The maximum Gasteiger partial charge on any atom is 0.163 e. The molecule has 2 atom stereocenters. The molecule has 6 aromatic rings. The highest BCUT2D eigenvalue weighted by Crippen LogP contribution is 2.43. The quantitative estimate of drug-likeness (QED) is 0.111. The van der Waals surface area contributed by atoms with Crippen LogP contribution < -0.4 is 0 Å². The van der Waals surface area contributed by atoms with Crippen molar-refractivity contribution in [3.63, 3.8) is 0 Å². The van der Waals surface area contributed by atoms with Gasteiger partial charge in [0.2, 0.25) is 0 Å². The lowest BCUT2D eigenvalue weighted by Gasteiger charge is -2.37. The van der Waals surface area contributed by atoms with E-state index in [0.717, 1.165) is 47.1 Å². The number of benzene rings is 5. The van der Waals surface area contributed by atoms with Crippen molar-refractivity contribution in [2.45, 2.75) is 24.8 Å². The predicted molar refractivity (Wildman–Crippen MR) is 190 cm³/mol. The van der Waals surface area contributed by atoms with Gasteiger partial charge in [-0.1, -0.05) is 97.1 Å². The Bertz CT molecular complexity index is 1930. The first-order chi connectivity index (χ1) is 23.3. The number of carbonyl (C=O) groups excluding carboxylic acids is 1. The molecular weight excluding hydrogens is 668 g/mol. The Labute approximate surface area is 288 Å². The molecule has 242 valence electrons. The molecule has 1 saturated heterocycles. The van der Waals surface area contributed by atoms with Gasteiger partial charge in [-0.15, -0.1) is 0 Å². The van der Waals surface area contributed by atoms with Gasteiger partial charge in [0.25, 0.3) is 0 Å². The number of rotatable bonds is 9. The largest absolute Gasteiger partial charge is 0.306 e. The Balaban J connectivity index is 1.24. The summed E-state index contributed by atoms with van der Waals surface area (Å²) < 4.78 is 31.6. The van der Waals surface area contributed by atoms with Gasteiger partial charge < -0.3 is 4.90 Å². The van der Waals surface area contributed by atoms with E-state index in [0.29, 0.717) is 23.0 Å². The van der Waals surface area contributed by atoms with Gasteiger partial charge in [0, 0.05) is 36.0 Å². The second-order valence-electron chi connectivity index (χ2n) is 13.0. The number of likely N-dealkylation sites (tertiary alicyclic amines) is 1. The Morgan fingerprint density at radius 1 is 0.771 bits per heavy atom. The summed E-state index contributed by atoms with van der Waals surface area (Å²) in [4.78, 5) is 16.0. The van der Waals surface area contributed by atoms with Crippen molar-refractivity contribution in [2.24, 2.45) is 11.8 Å². The first-order valence-corrected chi connectivity index (χ1v) is 17.1. The Morgan fingerprint density at radius 3 is 1.88 bits per heavy atom. The molecule has 0 spiro atoms. The van der Waals surface area contributed by atoms with Gasteiger partial charge >= 0.3 is 0 Å². The van der Waals surface area contributed by atoms with Gasteiger partial charge in [-0.2, -0.15) is 5.10 Å². The third-order valence-corrected chi connectivity index (χ3v) is 10.3. The lowest BCUT2D eigenvalue weighted by atomic mass is 9.77. The van der Waals surface area contributed by atoms with E-state index < -0.39 is 17.2 Å². The first kappa shape index (κ1) is 32.1. The number of Topliss-reactive ketones (excluding diaryl/α,β-unsaturated/α-hetero) is 1. The summed E-state index contributed by atoms with van der Waals surface area (Å²) in [5, 5.41) is 5.98. The van der Waals surface area contributed by atoms with Crippen molar-refractivity contribution in [2.75, 3.05) is 20.1 Å². The van der Waals surface area contributed by atoms with E-state index in [9.17, 15) is 13.6 Å². The van der Waals surface area contributed by atoms with Gasteiger partial charge in [-0.3, -0.25) is 4.79 Å². The molecule has 0 bridgehead atoms.